The fourth-order valence-electron chi connectivity index (χ4n) is 3.25. The molecule has 0 radical (unpaired) electrons. The van der Waals surface area contributed by atoms with Gasteiger partial charge < -0.3 is 14.4 Å². The Morgan fingerprint density at radius 1 is 1.15 bits per heavy atom. The first-order valence-electron chi connectivity index (χ1n) is 8.97. The number of ether oxygens (including phenoxy) is 2. The van der Waals surface area contributed by atoms with Gasteiger partial charge in [-0.25, -0.2) is 14.2 Å². The summed E-state index contributed by atoms with van der Waals surface area (Å²) in [6.45, 7) is 8.08. The first-order chi connectivity index (χ1) is 12.9. The average Bonchev–Trinajstić information content (AvgIpc) is 2.91. The van der Waals surface area contributed by atoms with Gasteiger partial charge in [0.15, 0.2) is 18.2 Å². The lowest BCUT2D eigenvalue weighted by Crippen LogP contribution is -3.07. The topological polar surface area (TPSA) is 58.0 Å². The first-order valence-corrected chi connectivity index (χ1v) is 9.38. The molecule has 1 atom stereocenters. The number of methoxy groups -OCH3 is 1. The molecule has 0 saturated carbocycles. The fourth-order valence-corrected chi connectivity index (χ4v) is 3.48. The molecule has 0 aliphatic carbocycles. The number of quaternary nitrogens is 1. The van der Waals surface area contributed by atoms with E-state index in [2.05, 4.69) is 23.1 Å². The zero-order valence-corrected chi connectivity index (χ0v) is 17.3. The Kier molecular flexibility index (Phi) is 5.76. The minimum atomic E-state index is 0.542. The number of rotatable bonds is 7. The van der Waals surface area contributed by atoms with Crippen LogP contribution in [0, 0.1) is 18.6 Å². The number of aryl methyl sites for hydroxylation is 2. The van der Waals surface area contributed by atoms with E-state index in [0.717, 1.165) is 29.4 Å². The van der Waals surface area contributed by atoms with Gasteiger partial charge in [-0.15, -0.1) is 0 Å². The van der Waals surface area contributed by atoms with E-state index < -0.39 is 0 Å². The molecule has 8 heteroatoms. The van der Waals surface area contributed by atoms with Crippen molar-refractivity contribution < 1.29 is 14.4 Å². The van der Waals surface area contributed by atoms with Crippen LogP contribution in [0.5, 0.6) is 11.5 Å². The molecule has 1 aromatic carbocycles. The number of benzene rings is 1. The van der Waals surface area contributed by atoms with Crippen molar-refractivity contribution in [2.45, 2.75) is 34.0 Å². The summed E-state index contributed by atoms with van der Waals surface area (Å²) in [4.78, 5) is 10.2. The Hall–Kier alpha value is -2.45. The maximum absolute atomic E-state index is 5.59. The lowest BCUT2D eigenvalue weighted by Gasteiger charge is -2.17. The molecule has 0 bridgehead atoms. The molecular weight excluding hydrogens is 362 g/mol. The monoisotopic (exact) mass is 388 g/mol. The smallest absolute Gasteiger partial charge is 0.252 e. The van der Waals surface area contributed by atoms with Gasteiger partial charge in [-0.3, -0.25) is 0 Å². The highest BCUT2D eigenvalue weighted by Crippen LogP contribution is 2.27. The van der Waals surface area contributed by atoms with E-state index in [0.29, 0.717) is 23.8 Å². The van der Waals surface area contributed by atoms with Gasteiger partial charge in [0, 0.05) is 17.0 Å². The van der Waals surface area contributed by atoms with E-state index in [1.807, 2.05) is 48.2 Å². The van der Waals surface area contributed by atoms with Crippen LogP contribution in [0.4, 0.5) is 0 Å². The summed E-state index contributed by atoms with van der Waals surface area (Å²) in [5, 5.41) is 0. The van der Waals surface area contributed by atoms with Gasteiger partial charge in [-0.2, -0.15) is 4.98 Å². The number of aromatic nitrogens is 4. The van der Waals surface area contributed by atoms with Gasteiger partial charge in [-0.05, 0) is 57.3 Å². The standard InChI is InChI=1S/C19H25N5O2S/c1-6-26-16-8-7-15(10-17(16)25-5)11-22(4)12-23-19(27)21-18-20-13(2)9-14(3)24(18)23/h7-10H,6,11-12H2,1-5H3/p+1. The van der Waals surface area contributed by atoms with Crippen molar-refractivity contribution in [2.24, 2.45) is 0 Å². The molecule has 0 aliphatic rings. The Morgan fingerprint density at radius 3 is 2.63 bits per heavy atom. The van der Waals surface area contributed by atoms with Gasteiger partial charge in [0.1, 0.15) is 6.54 Å². The van der Waals surface area contributed by atoms with E-state index >= 15 is 0 Å². The Labute approximate surface area is 164 Å². The summed E-state index contributed by atoms with van der Waals surface area (Å²) >= 11 is 5.47. The molecule has 1 unspecified atom stereocenters. The number of hydrogen-bond acceptors (Lipinski definition) is 5. The van der Waals surface area contributed by atoms with Gasteiger partial charge in [0.05, 0.1) is 20.8 Å². The second-order valence-corrected chi connectivity index (χ2v) is 7.02. The summed E-state index contributed by atoms with van der Waals surface area (Å²) in [7, 11) is 3.79. The lowest BCUT2D eigenvalue weighted by atomic mass is 10.2. The molecular formula is C19H26N5O2S+. The molecule has 7 nitrogen and oxygen atoms in total. The minimum absolute atomic E-state index is 0.542. The molecule has 2 heterocycles. The molecule has 0 amide bonds. The van der Waals surface area contributed by atoms with Crippen LogP contribution in [0.1, 0.15) is 23.9 Å². The predicted octanol–water partition coefficient (Wildman–Crippen LogP) is 1.96. The normalized spacial score (nSPS) is 12.3. The molecule has 27 heavy (non-hydrogen) atoms. The van der Waals surface area contributed by atoms with Crippen molar-refractivity contribution in [1.82, 2.24) is 19.2 Å². The average molecular weight is 389 g/mol. The lowest BCUT2D eigenvalue weighted by molar-refractivity contribution is -0.917. The second-order valence-electron chi connectivity index (χ2n) is 6.65. The third-order valence-corrected chi connectivity index (χ3v) is 4.63. The minimum Gasteiger partial charge on any atom is -0.493 e. The Bertz CT molecular complexity index is 1010. The van der Waals surface area contributed by atoms with Crippen LogP contribution in [-0.2, 0) is 13.2 Å². The molecule has 0 spiro atoms. The zero-order valence-electron chi connectivity index (χ0n) is 16.4. The number of fused-ring (bicyclic) bond motifs is 1. The highest BCUT2D eigenvalue weighted by Gasteiger charge is 2.14. The highest BCUT2D eigenvalue weighted by molar-refractivity contribution is 7.71. The molecule has 2 aromatic heterocycles. The third-order valence-electron chi connectivity index (χ3n) is 4.33. The SMILES string of the molecule is CCOc1ccc(C[NH+](C)Cn2c(=S)nc3nc(C)cc(C)n32)cc1OC. The number of nitrogens with one attached hydrogen (secondary N) is 1. The molecule has 0 fully saturated rings. The quantitative estimate of drug-likeness (QED) is 0.627. The van der Waals surface area contributed by atoms with Crippen LogP contribution in [0.2, 0.25) is 0 Å². The largest absolute Gasteiger partial charge is 0.493 e. The summed E-state index contributed by atoms with van der Waals surface area (Å²) < 4.78 is 15.6. The van der Waals surface area contributed by atoms with Crippen LogP contribution >= 0.6 is 12.2 Å². The molecule has 0 saturated heterocycles. The van der Waals surface area contributed by atoms with Crippen molar-refractivity contribution in [3.8, 4) is 11.5 Å². The van der Waals surface area contributed by atoms with Gasteiger partial charge in [0.25, 0.3) is 5.78 Å². The molecule has 3 aromatic rings. The Morgan fingerprint density at radius 2 is 1.93 bits per heavy atom. The van der Waals surface area contributed by atoms with E-state index in [1.54, 1.807) is 7.11 Å². The van der Waals surface area contributed by atoms with E-state index in [1.165, 1.54) is 10.5 Å². The maximum atomic E-state index is 5.59. The predicted molar refractivity (Wildman–Crippen MR) is 106 cm³/mol. The van der Waals surface area contributed by atoms with Gasteiger partial charge in [-0.1, -0.05) is 0 Å². The van der Waals surface area contributed by atoms with Gasteiger partial charge >= 0.3 is 0 Å². The van der Waals surface area contributed by atoms with E-state index in [-0.39, 0.29) is 0 Å². The van der Waals surface area contributed by atoms with Crippen molar-refractivity contribution in [3.05, 3.63) is 46.0 Å². The summed E-state index contributed by atoms with van der Waals surface area (Å²) in [6.07, 6.45) is 0. The summed E-state index contributed by atoms with van der Waals surface area (Å²) in [6, 6.07) is 8.09. The van der Waals surface area contributed by atoms with Crippen LogP contribution in [0.25, 0.3) is 5.78 Å². The Balaban J connectivity index is 1.82. The number of hydrogen-bond donors (Lipinski definition) is 1. The second kappa shape index (κ2) is 8.06. The van der Waals surface area contributed by atoms with Crippen molar-refractivity contribution in [1.29, 1.82) is 0 Å². The third kappa shape index (κ3) is 4.12. The molecule has 3 rings (SSSR count). The number of nitrogens with zero attached hydrogens (tertiary/aromatic N) is 4. The molecule has 0 aliphatic heterocycles. The first kappa shape index (κ1) is 19.3. The molecule has 144 valence electrons. The fraction of sp³-hybridized carbons (Fsp3) is 0.421. The van der Waals surface area contributed by atoms with Crippen LogP contribution in [-0.4, -0.2) is 39.9 Å². The van der Waals surface area contributed by atoms with Crippen molar-refractivity contribution >= 4 is 18.0 Å². The summed E-state index contributed by atoms with van der Waals surface area (Å²) in [5.74, 6) is 2.17. The van der Waals surface area contributed by atoms with Crippen LogP contribution < -0.4 is 14.4 Å². The highest BCUT2D eigenvalue weighted by atomic mass is 32.1. The van der Waals surface area contributed by atoms with Crippen LogP contribution in [0.15, 0.2) is 24.3 Å². The van der Waals surface area contributed by atoms with E-state index in [9.17, 15) is 0 Å². The van der Waals surface area contributed by atoms with Crippen molar-refractivity contribution in [2.75, 3.05) is 20.8 Å². The van der Waals surface area contributed by atoms with Crippen molar-refractivity contribution in [3.63, 3.8) is 0 Å². The maximum Gasteiger partial charge on any atom is 0.252 e. The zero-order chi connectivity index (χ0) is 19.6. The van der Waals surface area contributed by atoms with Crippen LogP contribution in [0.3, 0.4) is 0 Å². The molecule has 1 N–H and O–H groups in total. The summed E-state index contributed by atoms with van der Waals surface area (Å²) in [5.41, 5.74) is 3.17. The van der Waals surface area contributed by atoms with E-state index in [4.69, 9.17) is 21.7 Å². The van der Waals surface area contributed by atoms with Gasteiger partial charge in [0.2, 0.25) is 4.77 Å².